The summed E-state index contributed by atoms with van der Waals surface area (Å²) in [6.45, 7) is 9.31. The van der Waals surface area contributed by atoms with Crippen molar-refractivity contribution in [1.82, 2.24) is 15.0 Å². The van der Waals surface area contributed by atoms with E-state index in [0.717, 1.165) is 36.7 Å². The number of piperazine rings is 1. The van der Waals surface area contributed by atoms with E-state index in [9.17, 15) is 4.79 Å². The number of hydrogen-bond acceptors (Lipinski definition) is 5. The molecule has 26 heavy (non-hydrogen) atoms. The van der Waals surface area contributed by atoms with Crippen LogP contribution >= 0.6 is 11.6 Å². The van der Waals surface area contributed by atoms with Crippen molar-refractivity contribution in [2.24, 2.45) is 0 Å². The van der Waals surface area contributed by atoms with Gasteiger partial charge in [-0.2, -0.15) is 0 Å². The van der Waals surface area contributed by atoms with E-state index < -0.39 is 6.10 Å². The summed E-state index contributed by atoms with van der Waals surface area (Å²) in [5.74, 6) is 1.56. The second kappa shape index (κ2) is 8.10. The highest BCUT2D eigenvalue weighted by molar-refractivity contribution is 6.30. The second-order valence-electron chi connectivity index (χ2n) is 6.71. The fourth-order valence-electron chi connectivity index (χ4n) is 3.08. The third-order valence-electron chi connectivity index (χ3n) is 4.53. The first-order valence-electron chi connectivity index (χ1n) is 8.78. The lowest BCUT2D eigenvalue weighted by Gasteiger charge is -2.35. The summed E-state index contributed by atoms with van der Waals surface area (Å²) < 4.78 is 11.1. The largest absolute Gasteiger partial charge is 0.481 e. The van der Waals surface area contributed by atoms with Gasteiger partial charge in [-0.25, -0.2) is 0 Å². The van der Waals surface area contributed by atoms with Crippen LogP contribution in [0.25, 0.3) is 0 Å². The van der Waals surface area contributed by atoms with E-state index in [4.69, 9.17) is 20.9 Å². The van der Waals surface area contributed by atoms with Gasteiger partial charge in [-0.05, 0) is 44.5 Å². The van der Waals surface area contributed by atoms with Gasteiger partial charge in [0.1, 0.15) is 5.75 Å². The smallest absolute Gasteiger partial charge is 0.263 e. The molecule has 2 aromatic rings. The van der Waals surface area contributed by atoms with Crippen molar-refractivity contribution in [2.45, 2.75) is 33.4 Å². The number of ether oxygens (including phenoxy) is 1. The molecule has 3 rings (SSSR count). The van der Waals surface area contributed by atoms with Crippen molar-refractivity contribution in [2.75, 3.05) is 26.2 Å². The fraction of sp³-hybridized carbons (Fsp3) is 0.474. The van der Waals surface area contributed by atoms with Crippen LogP contribution in [0.1, 0.15) is 23.9 Å². The van der Waals surface area contributed by atoms with Gasteiger partial charge in [-0.3, -0.25) is 9.69 Å². The number of halogens is 1. The standard InChI is InChI=1S/C19H24ClN3O3/c1-13-10-16(20)4-5-18(13)25-15(3)19(24)23-8-6-22(7-9-23)12-17-11-14(2)21-26-17/h4-5,10-11,15H,6-9,12H2,1-3H3. The van der Waals surface area contributed by atoms with Crippen molar-refractivity contribution in [3.05, 3.63) is 46.3 Å². The molecule has 1 fully saturated rings. The van der Waals surface area contributed by atoms with Crippen LogP contribution in [0.15, 0.2) is 28.8 Å². The molecule has 1 amide bonds. The van der Waals surface area contributed by atoms with Crippen LogP contribution in [0, 0.1) is 13.8 Å². The van der Waals surface area contributed by atoms with Crippen LogP contribution in [-0.2, 0) is 11.3 Å². The van der Waals surface area contributed by atoms with E-state index in [1.54, 1.807) is 19.1 Å². The number of carbonyl (C=O) groups excluding carboxylic acids is 1. The average molecular weight is 378 g/mol. The number of benzene rings is 1. The first-order valence-corrected chi connectivity index (χ1v) is 9.16. The SMILES string of the molecule is Cc1cc(CN2CCN(C(=O)C(C)Oc3ccc(Cl)cc3C)CC2)on1. The predicted octanol–water partition coefficient (Wildman–Crippen LogP) is 3.06. The van der Waals surface area contributed by atoms with Gasteiger partial charge in [0.15, 0.2) is 11.9 Å². The van der Waals surface area contributed by atoms with Gasteiger partial charge in [-0.15, -0.1) is 0 Å². The summed E-state index contributed by atoms with van der Waals surface area (Å²) in [5, 5.41) is 4.57. The Morgan fingerprint density at radius 3 is 2.62 bits per heavy atom. The quantitative estimate of drug-likeness (QED) is 0.801. The Hall–Kier alpha value is -2.05. The first kappa shape index (κ1) is 18.7. The minimum Gasteiger partial charge on any atom is -0.481 e. The minimum absolute atomic E-state index is 0.00881. The maximum absolute atomic E-state index is 12.7. The third kappa shape index (κ3) is 4.56. The van der Waals surface area contributed by atoms with Crippen LogP contribution in [0.2, 0.25) is 5.02 Å². The monoisotopic (exact) mass is 377 g/mol. The molecule has 6 nitrogen and oxygen atoms in total. The van der Waals surface area contributed by atoms with Crippen molar-refractivity contribution < 1.29 is 14.1 Å². The van der Waals surface area contributed by atoms with Crippen molar-refractivity contribution in [3.8, 4) is 5.75 Å². The second-order valence-corrected chi connectivity index (χ2v) is 7.14. The summed E-state index contributed by atoms with van der Waals surface area (Å²) in [6.07, 6.45) is -0.529. The van der Waals surface area contributed by atoms with Crippen molar-refractivity contribution in [1.29, 1.82) is 0 Å². The van der Waals surface area contributed by atoms with E-state index in [1.165, 1.54) is 0 Å². The lowest BCUT2D eigenvalue weighted by molar-refractivity contribution is -0.139. The zero-order valence-corrected chi connectivity index (χ0v) is 16.1. The summed E-state index contributed by atoms with van der Waals surface area (Å²) in [4.78, 5) is 16.8. The molecule has 2 heterocycles. The first-order chi connectivity index (χ1) is 12.4. The molecule has 140 valence electrons. The van der Waals surface area contributed by atoms with Crippen LogP contribution < -0.4 is 4.74 Å². The highest BCUT2D eigenvalue weighted by Gasteiger charge is 2.26. The molecule has 1 saturated heterocycles. The van der Waals surface area contributed by atoms with Gasteiger partial charge in [-0.1, -0.05) is 16.8 Å². The Bertz CT molecular complexity index is 769. The number of aryl methyl sites for hydroxylation is 2. The van der Waals surface area contributed by atoms with Gasteiger partial charge in [0.2, 0.25) is 0 Å². The molecular weight excluding hydrogens is 354 g/mol. The van der Waals surface area contributed by atoms with Crippen LogP contribution in [0.4, 0.5) is 0 Å². The van der Waals surface area contributed by atoms with Crippen molar-refractivity contribution in [3.63, 3.8) is 0 Å². The third-order valence-corrected chi connectivity index (χ3v) is 4.76. The lowest BCUT2D eigenvalue weighted by Crippen LogP contribution is -2.51. The zero-order valence-electron chi connectivity index (χ0n) is 15.4. The Labute approximate surface area is 158 Å². The number of aromatic nitrogens is 1. The average Bonchev–Trinajstić information content (AvgIpc) is 3.02. The topological polar surface area (TPSA) is 58.8 Å². The number of hydrogen-bond donors (Lipinski definition) is 0. The van der Waals surface area contributed by atoms with Crippen molar-refractivity contribution >= 4 is 17.5 Å². The molecule has 1 unspecified atom stereocenters. The van der Waals surface area contributed by atoms with E-state index in [0.29, 0.717) is 23.9 Å². The molecule has 1 aliphatic rings. The molecule has 1 aromatic heterocycles. The number of carbonyl (C=O) groups is 1. The fourth-order valence-corrected chi connectivity index (χ4v) is 3.31. The molecule has 0 bridgehead atoms. The Balaban J connectivity index is 1.51. The summed E-state index contributed by atoms with van der Waals surface area (Å²) in [5.41, 5.74) is 1.81. The Kier molecular flexibility index (Phi) is 5.84. The molecule has 7 heteroatoms. The van der Waals surface area contributed by atoms with Gasteiger partial charge >= 0.3 is 0 Å². The maximum atomic E-state index is 12.7. The molecule has 1 aliphatic heterocycles. The van der Waals surface area contributed by atoms with E-state index in [2.05, 4.69) is 10.1 Å². The molecule has 0 aliphatic carbocycles. The van der Waals surface area contributed by atoms with Crippen LogP contribution in [-0.4, -0.2) is 53.1 Å². The normalized spacial score (nSPS) is 16.5. The highest BCUT2D eigenvalue weighted by atomic mass is 35.5. The molecule has 0 N–H and O–H groups in total. The van der Waals surface area contributed by atoms with Gasteiger partial charge < -0.3 is 14.2 Å². The van der Waals surface area contributed by atoms with E-state index >= 15 is 0 Å². The molecule has 1 aromatic carbocycles. The Morgan fingerprint density at radius 1 is 1.27 bits per heavy atom. The van der Waals surface area contributed by atoms with E-state index in [-0.39, 0.29) is 5.91 Å². The number of nitrogens with zero attached hydrogens (tertiary/aromatic N) is 3. The van der Waals surface area contributed by atoms with Gasteiger partial charge in [0, 0.05) is 37.3 Å². The summed E-state index contributed by atoms with van der Waals surface area (Å²) >= 11 is 5.96. The molecule has 0 radical (unpaired) electrons. The maximum Gasteiger partial charge on any atom is 0.263 e. The Morgan fingerprint density at radius 2 is 2.00 bits per heavy atom. The number of amides is 1. The minimum atomic E-state index is -0.529. The molecule has 0 spiro atoms. The summed E-state index contributed by atoms with van der Waals surface area (Å²) in [7, 11) is 0. The van der Waals surface area contributed by atoms with Crippen LogP contribution in [0.3, 0.4) is 0 Å². The molecule has 1 atom stereocenters. The molecule has 0 saturated carbocycles. The summed E-state index contributed by atoms with van der Waals surface area (Å²) in [6, 6.07) is 7.35. The van der Waals surface area contributed by atoms with E-state index in [1.807, 2.05) is 30.9 Å². The lowest BCUT2D eigenvalue weighted by atomic mass is 10.2. The zero-order chi connectivity index (χ0) is 18.7. The van der Waals surface area contributed by atoms with Gasteiger partial charge in [0.25, 0.3) is 5.91 Å². The number of rotatable bonds is 5. The predicted molar refractivity (Wildman–Crippen MR) is 99.4 cm³/mol. The highest BCUT2D eigenvalue weighted by Crippen LogP contribution is 2.23. The van der Waals surface area contributed by atoms with Gasteiger partial charge in [0.05, 0.1) is 12.2 Å². The molecular formula is C19H24ClN3O3. The van der Waals surface area contributed by atoms with Crippen LogP contribution in [0.5, 0.6) is 5.75 Å².